The third-order valence-electron chi connectivity index (χ3n) is 4.05. The van der Waals surface area contributed by atoms with Crippen molar-refractivity contribution in [3.63, 3.8) is 0 Å². The molecular formula is C17H20N4O. The maximum absolute atomic E-state index is 12.2. The van der Waals surface area contributed by atoms with Crippen molar-refractivity contribution >= 4 is 11.6 Å². The van der Waals surface area contributed by atoms with Crippen LogP contribution in [0.4, 0.5) is 5.69 Å². The molecule has 0 bridgehead atoms. The summed E-state index contributed by atoms with van der Waals surface area (Å²) in [7, 11) is 0. The van der Waals surface area contributed by atoms with Gasteiger partial charge in [-0.25, -0.2) is 9.97 Å². The SMILES string of the molecule is Cc1ccnc(-c2ccc(NC(=O)C3CCC(N)C3)cc2)n1. The topological polar surface area (TPSA) is 80.9 Å². The molecule has 114 valence electrons. The van der Waals surface area contributed by atoms with E-state index in [0.29, 0.717) is 5.82 Å². The summed E-state index contributed by atoms with van der Waals surface area (Å²) in [6.07, 6.45) is 4.33. The normalized spacial score (nSPS) is 20.8. The monoisotopic (exact) mass is 296 g/mol. The molecule has 1 saturated carbocycles. The molecule has 5 heteroatoms. The molecule has 0 spiro atoms. The van der Waals surface area contributed by atoms with Crippen molar-refractivity contribution in [1.29, 1.82) is 0 Å². The zero-order chi connectivity index (χ0) is 15.5. The first-order valence-corrected chi connectivity index (χ1v) is 7.58. The molecule has 1 aliphatic carbocycles. The molecule has 1 aliphatic rings. The molecule has 1 amide bonds. The Kier molecular flexibility index (Phi) is 4.15. The van der Waals surface area contributed by atoms with Crippen molar-refractivity contribution in [3.8, 4) is 11.4 Å². The van der Waals surface area contributed by atoms with E-state index in [1.807, 2.05) is 37.3 Å². The molecule has 1 heterocycles. The molecule has 0 radical (unpaired) electrons. The van der Waals surface area contributed by atoms with E-state index in [-0.39, 0.29) is 17.9 Å². The van der Waals surface area contributed by atoms with Crippen LogP contribution in [0.5, 0.6) is 0 Å². The number of benzene rings is 1. The van der Waals surface area contributed by atoms with Crippen LogP contribution in [0.25, 0.3) is 11.4 Å². The van der Waals surface area contributed by atoms with Crippen LogP contribution in [0.15, 0.2) is 36.5 Å². The highest BCUT2D eigenvalue weighted by atomic mass is 16.1. The number of rotatable bonds is 3. The average molecular weight is 296 g/mol. The molecule has 1 aromatic heterocycles. The van der Waals surface area contributed by atoms with E-state index in [1.54, 1.807) is 6.20 Å². The van der Waals surface area contributed by atoms with Crippen LogP contribution in [-0.4, -0.2) is 21.9 Å². The molecule has 0 aliphatic heterocycles. The summed E-state index contributed by atoms with van der Waals surface area (Å²) >= 11 is 0. The minimum Gasteiger partial charge on any atom is -0.328 e. The number of amides is 1. The molecular weight excluding hydrogens is 276 g/mol. The van der Waals surface area contributed by atoms with Gasteiger partial charge < -0.3 is 11.1 Å². The Morgan fingerprint density at radius 3 is 2.64 bits per heavy atom. The van der Waals surface area contributed by atoms with Crippen LogP contribution in [0, 0.1) is 12.8 Å². The summed E-state index contributed by atoms with van der Waals surface area (Å²) < 4.78 is 0. The molecule has 3 rings (SSSR count). The van der Waals surface area contributed by atoms with Crippen molar-refractivity contribution in [1.82, 2.24) is 9.97 Å². The van der Waals surface area contributed by atoms with Gasteiger partial charge in [0, 0.05) is 35.1 Å². The zero-order valence-electron chi connectivity index (χ0n) is 12.6. The van der Waals surface area contributed by atoms with Crippen molar-refractivity contribution in [2.75, 3.05) is 5.32 Å². The molecule has 1 fully saturated rings. The molecule has 0 saturated heterocycles. The number of hydrogen-bond donors (Lipinski definition) is 2. The van der Waals surface area contributed by atoms with E-state index in [4.69, 9.17) is 5.73 Å². The average Bonchev–Trinajstić information content (AvgIpc) is 2.95. The first-order valence-electron chi connectivity index (χ1n) is 7.58. The lowest BCUT2D eigenvalue weighted by molar-refractivity contribution is -0.119. The second-order valence-electron chi connectivity index (χ2n) is 5.86. The predicted molar refractivity (Wildman–Crippen MR) is 86.2 cm³/mol. The summed E-state index contributed by atoms with van der Waals surface area (Å²) in [5.74, 6) is 0.793. The van der Waals surface area contributed by atoms with E-state index in [2.05, 4.69) is 15.3 Å². The lowest BCUT2D eigenvalue weighted by Gasteiger charge is -2.11. The molecule has 1 aromatic carbocycles. The lowest BCUT2D eigenvalue weighted by Crippen LogP contribution is -2.23. The van der Waals surface area contributed by atoms with Gasteiger partial charge in [0.15, 0.2) is 5.82 Å². The highest BCUT2D eigenvalue weighted by Gasteiger charge is 2.27. The summed E-state index contributed by atoms with van der Waals surface area (Å²) in [6.45, 7) is 1.94. The van der Waals surface area contributed by atoms with Crippen LogP contribution in [-0.2, 0) is 4.79 Å². The minimum absolute atomic E-state index is 0.0368. The number of anilines is 1. The fourth-order valence-electron chi connectivity index (χ4n) is 2.79. The predicted octanol–water partition coefficient (Wildman–Crippen LogP) is 2.52. The minimum atomic E-state index is 0.0368. The molecule has 22 heavy (non-hydrogen) atoms. The maximum Gasteiger partial charge on any atom is 0.227 e. The van der Waals surface area contributed by atoms with Gasteiger partial charge in [-0.2, -0.15) is 0 Å². The second kappa shape index (κ2) is 6.23. The van der Waals surface area contributed by atoms with Gasteiger partial charge in [-0.3, -0.25) is 4.79 Å². The van der Waals surface area contributed by atoms with E-state index in [9.17, 15) is 4.79 Å². The van der Waals surface area contributed by atoms with Gasteiger partial charge in [0.2, 0.25) is 5.91 Å². The fraction of sp³-hybridized carbons (Fsp3) is 0.353. The van der Waals surface area contributed by atoms with Gasteiger partial charge >= 0.3 is 0 Å². The number of nitrogens with zero attached hydrogens (tertiary/aromatic N) is 2. The summed E-state index contributed by atoms with van der Waals surface area (Å²) in [4.78, 5) is 20.8. The lowest BCUT2D eigenvalue weighted by atomic mass is 10.1. The highest BCUT2D eigenvalue weighted by molar-refractivity contribution is 5.93. The number of aryl methyl sites for hydroxylation is 1. The Labute approximate surface area is 130 Å². The Balaban J connectivity index is 1.68. The first-order chi connectivity index (χ1) is 10.6. The van der Waals surface area contributed by atoms with Crippen molar-refractivity contribution in [2.24, 2.45) is 11.7 Å². The smallest absolute Gasteiger partial charge is 0.227 e. The summed E-state index contributed by atoms with van der Waals surface area (Å²) in [5, 5.41) is 2.96. The quantitative estimate of drug-likeness (QED) is 0.912. The second-order valence-corrected chi connectivity index (χ2v) is 5.86. The van der Waals surface area contributed by atoms with Crippen molar-refractivity contribution in [3.05, 3.63) is 42.2 Å². The Hall–Kier alpha value is -2.27. The molecule has 5 nitrogen and oxygen atoms in total. The van der Waals surface area contributed by atoms with Crippen LogP contribution in [0.3, 0.4) is 0 Å². The first kappa shape index (κ1) is 14.7. The standard InChI is InChI=1S/C17H20N4O/c1-11-8-9-19-16(20-11)12-3-6-15(7-4-12)21-17(22)13-2-5-14(18)10-13/h3-4,6-9,13-14H,2,5,10,18H2,1H3,(H,21,22). The van der Waals surface area contributed by atoms with Crippen molar-refractivity contribution < 1.29 is 4.79 Å². The highest BCUT2D eigenvalue weighted by Crippen LogP contribution is 2.26. The molecule has 2 unspecified atom stereocenters. The number of aromatic nitrogens is 2. The van der Waals surface area contributed by atoms with E-state index in [1.165, 1.54) is 0 Å². The van der Waals surface area contributed by atoms with Gasteiger partial charge in [-0.05, 0) is 56.5 Å². The molecule has 3 N–H and O–H groups in total. The van der Waals surface area contributed by atoms with Gasteiger partial charge in [0.05, 0.1) is 0 Å². The third-order valence-corrected chi connectivity index (χ3v) is 4.05. The summed E-state index contributed by atoms with van der Waals surface area (Å²) in [5.41, 5.74) is 8.52. The van der Waals surface area contributed by atoms with E-state index >= 15 is 0 Å². The van der Waals surface area contributed by atoms with Crippen molar-refractivity contribution in [2.45, 2.75) is 32.2 Å². The Morgan fingerprint density at radius 2 is 2.00 bits per heavy atom. The number of carbonyl (C=O) groups excluding carboxylic acids is 1. The van der Waals surface area contributed by atoms with Crippen LogP contribution >= 0.6 is 0 Å². The van der Waals surface area contributed by atoms with Crippen LogP contribution < -0.4 is 11.1 Å². The van der Waals surface area contributed by atoms with Gasteiger partial charge in [-0.15, -0.1) is 0 Å². The summed E-state index contributed by atoms with van der Waals surface area (Å²) in [6, 6.07) is 9.64. The fourth-order valence-corrected chi connectivity index (χ4v) is 2.79. The van der Waals surface area contributed by atoms with Gasteiger partial charge in [0.1, 0.15) is 0 Å². The largest absolute Gasteiger partial charge is 0.328 e. The maximum atomic E-state index is 12.2. The Bertz CT molecular complexity index is 669. The number of carbonyl (C=O) groups is 1. The number of hydrogen-bond acceptors (Lipinski definition) is 4. The van der Waals surface area contributed by atoms with Gasteiger partial charge in [0.25, 0.3) is 0 Å². The van der Waals surface area contributed by atoms with Crippen LogP contribution in [0.2, 0.25) is 0 Å². The van der Waals surface area contributed by atoms with E-state index < -0.39 is 0 Å². The zero-order valence-corrected chi connectivity index (χ0v) is 12.6. The van der Waals surface area contributed by atoms with Crippen LogP contribution in [0.1, 0.15) is 25.0 Å². The third kappa shape index (κ3) is 3.31. The van der Waals surface area contributed by atoms with E-state index in [0.717, 1.165) is 36.2 Å². The molecule has 2 aromatic rings. The number of nitrogens with two attached hydrogens (primary N) is 1. The Morgan fingerprint density at radius 1 is 1.23 bits per heavy atom. The molecule has 2 atom stereocenters. The van der Waals surface area contributed by atoms with Gasteiger partial charge in [-0.1, -0.05) is 0 Å². The number of nitrogens with one attached hydrogen (secondary N) is 1.